The van der Waals surface area contributed by atoms with Gasteiger partial charge in [0.2, 0.25) is 11.8 Å². The molecular formula is C70H63N5O13. The first-order valence-corrected chi connectivity index (χ1v) is 28.1. The molecule has 0 saturated carbocycles. The highest BCUT2D eigenvalue weighted by atomic mass is 16.5. The third-order valence-electron chi connectivity index (χ3n) is 14.0. The van der Waals surface area contributed by atoms with Crippen molar-refractivity contribution in [2.75, 3.05) is 36.3 Å². The molecule has 0 spiro atoms. The molecule has 18 heteroatoms. The lowest BCUT2D eigenvalue weighted by Crippen LogP contribution is -2.32. The van der Waals surface area contributed by atoms with E-state index in [-0.39, 0.29) is 30.2 Å². The van der Waals surface area contributed by atoms with Crippen LogP contribution in [0.15, 0.2) is 215 Å². The third-order valence-corrected chi connectivity index (χ3v) is 14.0. The monoisotopic (exact) mass is 1180 g/mol. The molecule has 88 heavy (non-hydrogen) atoms. The van der Waals surface area contributed by atoms with Crippen molar-refractivity contribution in [3.8, 4) is 40.2 Å². The number of rotatable bonds is 25. The summed E-state index contributed by atoms with van der Waals surface area (Å²) in [5.41, 5.74) is 7.48. The van der Waals surface area contributed by atoms with Gasteiger partial charge in [0.15, 0.2) is 11.6 Å². The summed E-state index contributed by atoms with van der Waals surface area (Å²) in [4.78, 5) is 71.8. The number of phenolic OH excluding ortho intramolecular Hbond substituents is 1. The number of methoxy groups -OCH3 is 1. The Kier molecular flexibility index (Phi) is 20.5. The molecule has 0 fully saturated rings. The molecule has 2 heterocycles. The van der Waals surface area contributed by atoms with Crippen molar-refractivity contribution in [3.05, 3.63) is 263 Å². The largest absolute Gasteiger partial charge is 0.508 e. The molecule has 446 valence electrons. The lowest BCUT2D eigenvalue weighted by Gasteiger charge is -2.18. The Hall–Kier alpha value is -11.3. The number of carboxylic acids is 2. The number of nitrogens with one attached hydrogen (secondary N) is 3. The third kappa shape index (κ3) is 16.5. The zero-order chi connectivity index (χ0) is 61.9. The number of oxazole rings is 2. The van der Waals surface area contributed by atoms with Gasteiger partial charge >= 0.3 is 18.0 Å². The number of phenols is 1. The molecule has 0 bridgehead atoms. The zero-order valence-corrected chi connectivity index (χ0v) is 48.3. The summed E-state index contributed by atoms with van der Waals surface area (Å²) in [5.74, 6) is 1.18. The van der Waals surface area contributed by atoms with E-state index in [1.165, 1.54) is 25.3 Å². The molecule has 1 amide bonds. The Labute approximate surface area is 507 Å². The quantitative estimate of drug-likeness (QED) is 0.0291. The molecule has 18 nitrogen and oxygen atoms in total. The second-order valence-electron chi connectivity index (χ2n) is 20.2. The summed E-state index contributed by atoms with van der Waals surface area (Å²) in [6, 6.07) is 57.9. The lowest BCUT2D eigenvalue weighted by molar-refractivity contribution is -0.138. The van der Waals surface area contributed by atoms with Crippen LogP contribution < -0.4 is 25.4 Å². The van der Waals surface area contributed by atoms with E-state index in [1.807, 2.05) is 98.8 Å². The Morgan fingerprint density at radius 2 is 0.920 bits per heavy atom. The van der Waals surface area contributed by atoms with Gasteiger partial charge < -0.3 is 49.0 Å². The van der Waals surface area contributed by atoms with E-state index in [2.05, 4.69) is 30.7 Å². The summed E-state index contributed by atoms with van der Waals surface area (Å²) >= 11 is 0. The maximum absolute atomic E-state index is 13.4. The minimum absolute atomic E-state index is 0.0208. The Bertz CT molecular complexity index is 4020. The maximum atomic E-state index is 13.4. The number of nitrogens with zero attached hydrogens (tertiary/aromatic N) is 2. The number of ketones is 2. The molecule has 2 aromatic heterocycles. The van der Waals surface area contributed by atoms with Gasteiger partial charge in [-0.3, -0.25) is 14.9 Å². The molecule has 2 atom stereocenters. The Balaban J connectivity index is 0.000000210. The highest BCUT2D eigenvalue weighted by Gasteiger charge is 2.24. The van der Waals surface area contributed by atoms with E-state index in [9.17, 15) is 39.3 Å². The predicted octanol–water partition coefficient (Wildman–Crippen LogP) is 13.1. The molecule has 0 aliphatic carbocycles. The van der Waals surface area contributed by atoms with Crippen LogP contribution in [0.4, 0.5) is 21.9 Å². The van der Waals surface area contributed by atoms with Gasteiger partial charge in [-0.2, -0.15) is 0 Å². The first kappa shape index (κ1) is 61.3. The van der Waals surface area contributed by atoms with Gasteiger partial charge in [0, 0.05) is 76.1 Å². The summed E-state index contributed by atoms with van der Waals surface area (Å²) in [6.45, 7) is 4.57. The van der Waals surface area contributed by atoms with E-state index < -0.39 is 30.1 Å². The smallest absolute Gasteiger partial charge is 0.411 e. The first-order valence-electron chi connectivity index (χ1n) is 28.1. The number of para-hydroxylation sites is 2. The predicted molar refractivity (Wildman–Crippen MR) is 332 cm³/mol. The van der Waals surface area contributed by atoms with E-state index in [0.29, 0.717) is 88.7 Å². The van der Waals surface area contributed by atoms with E-state index in [0.717, 1.165) is 45.2 Å². The van der Waals surface area contributed by atoms with E-state index in [1.54, 1.807) is 103 Å². The van der Waals surface area contributed by atoms with Gasteiger partial charge in [-0.25, -0.2) is 24.4 Å². The number of aromatic nitrogens is 2. The number of amides is 1. The number of aromatic hydroxyl groups is 1. The molecule has 0 aliphatic rings. The highest BCUT2D eigenvalue weighted by Crippen LogP contribution is 2.28. The number of carbonyl (C=O) groups excluding carboxylic acids is 3. The van der Waals surface area contributed by atoms with Gasteiger partial charge in [-0.05, 0) is 122 Å². The van der Waals surface area contributed by atoms with Crippen molar-refractivity contribution in [2.24, 2.45) is 0 Å². The fourth-order valence-corrected chi connectivity index (χ4v) is 9.43. The van der Waals surface area contributed by atoms with Crippen molar-refractivity contribution < 1.29 is 62.3 Å². The van der Waals surface area contributed by atoms with Crippen LogP contribution in [-0.4, -0.2) is 87.3 Å². The van der Waals surface area contributed by atoms with Crippen LogP contribution >= 0.6 is 0 Å². The van der Waals surface area contributed by atoms with Crippen LogP contribution in [0.3, 0.4) is 0 Å². The van der Waals surface area contributed by atoms with Gasteiger partial charge in [0.25, 0.3) is 0 Å². The summed E-state index contributed by atoms with van der Waals surface area (Å²) in [6.07, 6.45) is 0.839. The van der Waals surface area contributed by atoms with Crippen LogP contribution in [0, 0.1) is 13.8 Å². The average Bonchev–Trinajstić information content (AvgIpc) is 3.66. The molecule has 0 aliphatic heterocycles. The number of aliphatic carboxylic acids is 2. The second-order valence-corrected chi connectivity index (χ2v) is 20.2. The Morgan fingerprint density at radius 1 is 0.500 bits per heavy atom. The zero-order valence-electron chi connectivity index (χ0n) is 48.3. The van der Waals surface area contributed by atoms with Gasteiger partial charge in [0.1, 0.15) is 40.9 Å². The number of anilines is 3. The molecular weight excluding hydrogens is 1120 g/mol. The van der Waals surface area contributed by atoms with Gasteiger partial charge in [-0.1, -0.05) is 109 Å². The average molecular weight is 1180 g/mol. The first-order chi connectivity index (χ1) is 42.7. The summed E-state index contributed by atoms with van der Waals surface area (Å²) in [7, 11) is 1.25. The Morgan fingerprint density at radius 3 is 1.35 bits per heavy atom. The van der Waals surface area contributed by atoms with Crippen LogP contribution in [-0.2, 0) is 40.0 Å². The molecule has 10 rings (SSSR count). The normalized spacial score (nSPS) is 11.4. The van der Waals surface area contributed by atoms with Crippen LogP contribution in [0.25, 0.3) is 22.9 Å². The number of carboxylic acid groups (broad SMARTS) is 2. The fraction of sp³-hybridized carbons (Fsp3) is 0.157. The maximum Gasteiger partial charge on any atom is 0.411 e. The molecule has 0 saturated heterocycles. The molecule has 10 aromatic rings. The molecule has 0 radical (unpaired) electrons. The van der Waals surface area contributed by atoms with Crippen molar-refractivity contribution in [1.29, 1.82) is 0 Å². The summed E-state index contributed by atoms with van der Waals surface area (Å²) in [5, 5.41) is 38.3. The van der Waals surface area contributed by atoms with Crippen molar-refractivity contribution >= 4 is 46.7 Å². The second kappa shape index (κ2) is 29.5. The number of ether oxygens (including phenoxy) is 3. The van der Waals surface area contributed by atoms with Gasteiger partial charge in [0.05, 0.1) is 31.7 Å². The van der Waals surface area contributed by atoms with Crippen molar-refractivity contribution in [3.63, 3.8) is 0 Å². The SMILES string of the molecule is COC(=O)Nc1cccc(C(=O)c2ccccc2NC(Cc2ccc(OCCc3nc(-c4ccccc4)oc3C)cc2)C(=O)O)c1.Cc1oc(-c2ccccc2)nc1CCOc1ccc(CC(Nc2ccccc2C(=O)c2cccc(O)c2)C(=O)O)cc1. The van der Waals surface area contributed by atoms with Crippen molar-refractivity contribution in [1.82, 2.24) is 9.97 Å². The van der Waals surface area contributed by atoms with E-state index in [4.69, 9.17) is 18.3 Å². The molecule has 8 aromatic carbocycles. The number of benzene rings is 8. The van der Waals surface area contributed by atoms with Crippen molar-refractivity contribution in [2.45, 2.75) is 51.6 Å². The minimum atomic E-state index is -1.07. The summed E-state index contributed by atoms with van der Waals surface area (Å²) < 4.78 is 28.1. The van der Waals surface area contributed by atoms with E-state index >= 15 is 0 Å². The fourth-order valence-electron chi connectivity index (χ4n) is 9.43. The van der Waals surface area contributed by atoms with Crippen LogP contribution in [0.5, 0.6) is 17.2 Å². The van der Waals surface area contributed by atoms with Crippen LogP contribution in [0.1, 0.15) is 65.9 Å². The molecule has 6 N–H and O–H groups in total. The topological polar surface area (TPSA) is 262 Å². The van der Waals surface area contributed by atoms with Gasteiger partial charge in [-0.15, -0.1) is 0 Å². The number of carbonyl (C=O) groups is 5. The number of aryl methyl sites for hydroxylation is 2. The van der Waals surface area contributed by atoms with Crippen LogP contribution in [0.2, 0.25) is 0 Å². The molecule has 2 unspecified atom stereocenters. The minimum Gasteiger partial charge on any atom is -0.508 e. The number of hydrogen-bond acceptors (Lipinski definition) is 15. The standard InChI is InChI=1S/C36H33N3O7.C34H30N2O6/c1-23-30(39-34(46-23)25-9-4-3-5-10-25)19-20-45-28-17-15-24(16-18-28)21-32(35(41)42)38-31-14-7-6-13-29(31)33(40)26-11-8-12-27(22-26)37-36(43)44-2;1-22-29(36-33(42-22)24-8-3-2-4-9-24)18-19-41-27-16-14-23(15-17-27)20-31(34(39)40)35-30-13-6-5-12-28(30)32(38)25-10-7-11-26(37)21-25/h3-18,22,32,38H,19-21H2,1-2H3,(H,37,43)(H,41,42);2-17,21,31,35,37H,18-20H2,1H3,(H,39,40). The number of hydrogen-bond donors (Lipinski definition) is 6. The highest BCUT2D eigenvalue weighted by molar-refractivity contribution is 6.13. The lowest BCUT2D eigenvalue weighted by atomic mass is 9.99.